The van der Waals surface area contributed by atoms with Crippen molar-refractivity contribution >= 4 is 11.6 Å². The van der Waals surface area contributed by atoms with Crippen molar-refractivity contribution in [2.75, 3.05) is 5.32 Å². The van der Waals surface area contributed by atoms with E-state index < -0.39 is 17.7 Å². The van der Waals surface area contributed by atoms with E-state index in [2.05, 4.69) is 5.32 Å². The Morgan fingerprint density at radius 1 is 0.966 bits per heavy atom. The summed E-state index contributed by atoms with van der Waals surface area (Å²) in [5.41, 5.74) is 3.93. The van der Waals surface area contributed by atoms with Crippen molar-refractivity contribution in [3.63, 3.8) is 0 Å². The number of hydrogen-bond donors (Lipinski definition) is 2. The van der Waals surface area contributed by atoms with Crippen LogP contribution in [-0.4, -0.2) is 5.91 Å². The van der Waals surface area contributed by atoms with Gasteiger partial charge in [-0.2, -0.15) is 0 Å². The van der Waals surface area contributed by atoms with Gasteiger partial charge in [-0.25, -0.2) is 8.78 Å². The van der Waals surface area contributed by atoms with Crippen LogP contribution in [0.2, 0.25) is 0 Å². The third kappa shape index (κ3) is 5.06. The molecule has 0 aliphatic heterocycles. The first-order valence-corrected chi connectivity index (χ1v) is 9.58. The van der Waals surface area contributed by atoms with Crippen LogP contribution in [0.25, 0.3) is 0 Å². The molecule has 2 atom stereocenters. The summed E-state index contributed by atoms with van der Waals surface area (Å²) in [4.78, 5) is 13.2. The highest BCUT2D eigenvalue weighted by molar-refractivity contribution is 5.95. The Labute approximate surface area is 169 Å². The first kappa shape index (κ1) is 20.7. The summed E-state index contributed by atoms with van der Waals surface area (Å²) in [6.45, 7) is 5.71. The van der Waals surface area contributed by atoms with Gasteiger partial charge in [-0.15, -0.1) is 0 Å². The van der Waals surface area contributed by atoms with Crippen LogP contribution in [0.4, 0.5) is 14.5 Å². The van der Waals surface area contributed by atoms with Crippen molar-refractivity contribution in [2.45, 2.75) is 32.9 Å². The molecule has 0 heterocycles. The summed E-state index contributed by atoms with van der Waals surface area (Å²) >= 11 is 0. The summed E-state index contributed by atoms with van der Waals surface area (Å²) in [5.74, 6) is -1.43. The molecule has 1 amide bonds. The Kier molecular flexibility index (Phi) is 6.39. The minimum absolute atomic E-state index is 0.195. The normalized spacial score (nSPS) is 13.0. The summed E-state index contributed by atoms with van der Waals surface area (Å²) in [7, 11) is 0. The van der Waals surface area contributed by atoms with Gasteiger partial charge in [0.2, 0.25) is 0 Å². The van der Waals surface area contributed by atoms with Gasteiger partial charge in [0.25, 0.3) is 5.91 Å². The number of quaternary nitrogens is 1. The standard InChI is InChI=1S/C24H24F2N2O/c1-15-9-10-16(2)22(13-15)28-24(29)23(18-7-5-4-6-8-18)27-17(3)20-12-11-19(25)14-21(20)26/h4-14,17,23,27H,1-3H3,(H,28,29)/p+1/t17-,23+/m0/s1. The quantitative estimate of drug-likeness (QED) is 0.630. The summed E-state index contributed by atoms with van der Waals surface area (Å²) in [5, 5.41) is 4.80. The van der Waals surface area contributed by atoms with Crippen LogP contribution in [0.1, 0.15) is 41.3 Å². The van der Waals surface area contributed by atoms with Gasteiger partial charge in [0, 0.05) is 22.9 Å². The number of benzene rings is 3. The van der Waals surface area contributed by atoms with Crippen LogP contribution >= 0.6 is 0 Å². The van der Waals surface area contributed by atoms with E-state index in [1.165, 1.54) is 12.1 Å². The number of rotatable bonds is 6. The molecule has 0 fully saturated rings. The van der Waals surface area contributed by atoms with Crippen LogP contribution < -0.4 is 10.6 Å². The fourth-order valence-corrected chi connectivity index (χ4v) is 3.35. The molecule has 0 radical (unpaired) electrons. The zero-order chi connectivity index (χ0) is 21.0. The highest BCUT2D eigenvalue weighted by atomic mass is 19.1. The smallest absolute Gasteiger partial charge is 0.287 e. The molecule has 0 aliphatic carbocycles. The van der Waals surface area contributed by atoms with E-state index in [0.29, 0.717) is 5.56 Å². The van der Waals surface area contributed by atoms with E-state index >= 15 is 0 Å². The number of carbonyl (C=O) groups excluding carboxylic acids is 1. The van der Waals surface area contributed by atoms with Crippen molar-refractivity contribution in [1.82, 2.24) is 0 Å². The lowest BCUT2D eigenvalue weighted by molar-refractivity contribution is -0.719. The van der Waals surface area contributed by atoms with E-state index in [1.54, 1.807) is 12.2 Å². The second-order valence-electron chi connectivity index (χ2n) is 7.34. The van der Waals surface area contributed by atoms with Crippen molar-refractivity contribution < 1.29 is 18.9 Å². The molecule has 5 heteroatoms. The average molecular weight is 395 g/mol. The second kappa shape index (κ2) is 8.97. The molecule has 0 aromatic heterocycles. The molecule has 0 saturated heterocycles. The molecule has 0 spiro atoms. The van der Waals surface area contributed by atoms with Crippen molar-refractivity contribution in [2.24, 2.45) is 0 Å². The Bertz CT molecular complexity index is 1010. The number of halogens is 2. The molecule has 150 valence electrons. The number of anilines is 1. The van der Waals surface area contributed by atoms with Gasteiger partial charge in [0.15, 0.2) is 6.04 Å². The first-order chi connectivity index (χ1) is 13.8. The molecule has 0 aliphatic rings. The number of nitrogens with one attached hydrogen (secondary N) is 1. The maximum Gasteiger partial charge on any atom is 0.287 e. The summed E-state index contributed by atoms with van der Waals surface area (Å²) in [6.07, 6.45) is 0. The molecule has 3 aromatic rings. The van der Waals surface area contributed by atoms with E-state index in [-0.39, 0.29) is 11.9 Å². The molecule has 29 heavy (non-hydrogen) atoms. The maximum atomic E-state index is 14.2. The Morgan fingerprint density at radius 2 is 1.69 bits per heavy atom. The average Bonchev–Trinajstić information content (AvgIpc) is 2.69. The SMILES string of the molecule is Cc1ccc(C)c(NC(=O)[C@H]([NH2+][C@@H](C)c2ccc(F)cc2F)c2ccccc2)c1. The van der Waals surface area contributed by atoms with Crippen molar-refractivity contribution in [3.05, 3.63) is 101 Å². The van der Waals surface area contributed by atoms with E-state index in [9.17, 15) is 13.6 Å². The topological polar surface area (TPSA) is 45.7 Å². The Balaban J connectivity index is 1.88. The minimum Gasteiger partial charge on any atom is -0.326 e. The van der Waals surface area contributed by atoms with Gasteiger partial charge in [0.1, 0.15) is 17.7 Å². The molecule has 3 aromatic carbocycles. The number of amides is 1. The highest BCUT2D eigenvalue weighted by Gasteiger charge is 2.28. The zero-order valence-electron chi connectivity index (χ0n) is 16.7. The van der Waals surface area contributed by atoms with Crippen LogP contribution in [0.5, 0.6) is 0 Å². The Morgan fingerprint density at radius 3 is 2.38 bits per heavy atom. The summed E-state index contributed by atoms with van der Waals surface area (Å²) < 4.78 is 27.5. The molecule has 3 nitrogen and oxygen atoms in total. The van der Waals surface area contributed by atoms with E-state index in [4.69, 9.17) is 0 Å². The molecule has 0 bridgehead atoms. The van der Waals surface area contributed by atoms with E-state index in [1.807, 2.05) is 62.4 Å². The number of hydrogen-bond acceptors (Lipinski definition) is 1. The number of aryl methyl sites for hydroxylation is 2. The zero-order valence-corrected chi connectivity index (χ0v) is 16.7. The maximum absolute atomic E-state index is 14.2. The second-order valence-corrected chi connectivity index (χ2v) is 7.34. The lowest BCUT2D eigenvalue weighted by Crippen LogP contribution is -2.87. The van der Waals surface area contributed by atoms with Gasteiger partial charge in [-0.1, -0.05) is 42.5 Å². The van der Waals surface area contributed by atoms with Crippen LogP contribution in [0, 0.1) is 25.5 Å². The lowest BCUT2D eigenvalue weighted by Gasteiger charge is -2.21. The molecule has 3 N–H and O–H groups in total. The third-order valence-electron chi connectivity index (χ3n) is 5.03. The van der Waals surface area contributed by atoms with Crippen LogP contribution in [0.15, 0.2) is 66.7 Å². The fraction of sp³-hybridized carbons (Fsp3) is 0.208. The van der Waals surface area contributed by atoms with Crippen LogP contribution in [-0.2, 0) is 4.79 Å². The Hall–Kier alpha value is -3.05. The van der Waals surface area contributed by atoms with Crippen molar-refractivity contribution in [1.29, 1.82) is 0 Å². The molecule has 0 saturated carbocycles. The lowest BCUT2D eigenvalue weighted by atomic mass is 10.0. The molecular weight excluding hydrogens is 370 g/mol. The monoisotopic (exact) mass is 395 g/mol. The predicted octanol–water partition coefficient (Wildman–Crippen LogP) is 4.59. The molecule has 3 rings (SSSR count). The summed E-state index contributed by atoms with van der Waals surface area (Å²) in [6, 6.07) is 17.8. The predicted molar refractivity (Wildman–Crippen MR) is 110 cm³/mol. The van der Waals surface area contributed by atoms with E-state index in [0.717, 1.165) is 28.4 Å². The molecule has 0 unspecified atom stereocenters. The van der Waals surface area contributed by atoms with Crippen molar-refractivity contribution in [3.8, 4) is 0 Å². The van der Waals surface area contributed by atoms with Gasteiger partial charge in [-0.05, 0) is 50.1 Å². The fourth-order valence-electron chi connectivity index (χ4n) is 3.35. The first-order valence-electron chi connectivity index (χ1n) is 9.58. The van der Waals surface area contributed by atoms with Gasteiger partial charge >= 0.3 is 0 Å². The highest BCUT2D eigenvalue weighted by Crippen LogP contribution is 2.20. The molecular formula is C24H25F2N2O+. The van der Waals surface area contributed by atoms with Gasteiger partial charge < -0.3 is 10.6 Å². The number of carbonyl (C=O) groups is 1. The van der Waals surface area contributed by atoms with Crippen LogP contribution in [0.3, 0.4) is 0 Å². The minimum atomic E-state index is -0.620. The van der Waals surface area contributed by atoms with Gasteiger partial charge in [0.05, 0.1) is 0 Å². The number of nitrogens with two attached hydrogens (primary N) is 1. The van der Waals surface area contributed by atoms with Gasteiger partial charge in [-0.3, -0.25) is 4.79 Å². The largest absolute Gasteiger partial charge is 0.326 e. The third-order valence-corrected chi connectivity index (χ3v) is 5.03.